The largest absolute Gasteiger partial charge is 0.380 e. The number of rotatable bonds is 3. The minimum absolute atomic E-state index is 0.0258. The van der Waals surface area contributed by atoms with Gasteiger partial charge in [-0.2, -0.15) is 0 Å². The monoisotopic (exact) mass is 254 g/mol. The Labute approximate surface area is 110 Å². The maximum atomic E-state index is 12.6. The molecule has 2 heterocycles. The number of hydrogen-bond donors (Lipinski definition) is 1. The zero-order valence-corrected chi connectivity index (χ0v) is 11.7. The van der Waals surface area contributed by atoms with Crippen molar-refractivity contribution in [3.8, 4) is 0 Å². The standard InChI is InChI=1S/C14H26N2O2/c1-3-11-7-5-4-6-8-16(11)14(17)13-9-12(18-2)10-15-13/h11-13,15H,3-10H2,1-2H3. The van der Waals surface area contributed by atoms with Crippen molar-refractivity contribution in [2.45, 2.75) is 63.6 Å². The molecule has 2 aliphatic rings. The predicted octanol–water partition coefficient (Wildman–Crippen LogP) is 1.54. The van der Waals surface area contributed by atoms with Crippen molar-refractivity contribution in [2.24, 2.45) is 0 Å². The van der Waals surface area contributed by atoms with E-state index in [1.807, 2.05) is 0 Å². The lowest BCUT2D eigenvalue weighted by molar-refractivity contribution is -0.135. The van der Waals surface area contributed by atoms with Gasteiger partial charge in [0.05, 0.1) is 12.1 Å². The van der Waals surface area contributed by atoms with Crippen molar-refractivity contribution < 1.29 is 9.53 Å². The van der Waals surface area contributed by atoms with E-state index in [-0.39, 0.29) is 12.1 Å². The molecule has 3 unspecified atom stereocenters. The molecule has 0 aromatic heterocycles. The van der Waals surface area contributed by atoms with Crippen molar-refractivity contribution in [2.75, 3.05) is 20.2 Å². The van der Waals surface area contributed by atoms with Crippen LogP contribution in [-0.2, 0) is 9.53 Å². The van der Waals surface area contributed by atoms with Crippen molar-refractivity contribution in [3.63, 3.8) is 0 Å². The van der Waals surface area contributed by atoms with E-state index in [9.17, 15) is 4.79 Å². The van der Waals surface area contributed by atoms with Gasteiger partial charge in [-0.1, -0.05) is 19.8 Å². The Balaban J connectivity index is 1.97. The first-order valence-electron chi connectivity index (χ1n) is 7.33. The Kier molecular flexibility index (Phi) is 5.01. The topological polar surface area (TPSA) is 41.6 Å². The summed E-state index contributed by atoms with van der Waals surface area (Å²) in [7, 11) is 1.72. The zero-order valence-electron chi connectivity index (χ0n) is 11.7. The highest BCUT2D eigenvalue weighted by Crippen LogP contribution is 2.22. The predicted molar refractivity (Wildman–Crippen MR) is 71.5 cm³/mol. The van der Waals surface area contributed by atoms with Gasteiger partial charge in [0.15, 0.2) is 0 Å². The van der Waals surface area contributed by atoms with Crippen LogP contribution in [0.5, 0.6) is 0 Å². The summed E-state index contributed by atoms with van der Waals surface area (Å²) in [5, 5.41) is 3.30. The fourth-order valence-electron chi connectivity index (χ4n) is 3.16. The SMILES string of the molecule is CCC1CCCCCN1C(=O)C1CC(OC)CN1. The second kappa shape index (κ2) is 6.53. The van der Waals surface area contributed by atoms with Gasteiger partial charge in [0.1, 0.15) is 0 Å². The van der Waals surface area contributed by atoms with Gasteiger partial charge in [0.2, 0.25) is 5.91 Å². The second-order valence-electron chi connectivity index (χ2n) is 5.50. The van der Waals surface area contributed by atoms with Crippen LogP contribution >= 0.6 is 0 Å². The van der Waals surface area contributed by atoms with Crippen molar-refractivity contribution in [1.82, 2.24) is 10.2 Å². The lowest BCUT2D eigenvalue weighted by Gasteiger charge is -2.31. The molecule has 0 spiro atoms. The Bertz CT molecular complexity index is 283. The van der Waals surface area contributed by atoms with E-state index in [1.165, 1.54) is 19.3 Å². The first kappa shape index (κ1) is 13.8. The van der Waals surface area contributed by atoms with Gasteiger partial charge in [-0.25, -0.2) is 0 Å². The fraction of sp³-hybridized carbons (Fsp3) is 0.929. The van der Waals surface area contributed by atoms with Crippen LogP contribution in [0.3, 0.4) is 0 Å². The molecule has 0 aromatic carbocycles. The van der Waals surface area contributed by atoms with E-state index in [2.05, 4.69) is 17.1 Å². The molecule has 2 saturated heterocycles. The van der Waals surface area contributed by atoms with Gasteiger partial charge >= 0.3 is 0 Å². The number of nitrogens with zero attached hydrogens (tertiary/aromatic N) is 1. The Morgan fingerprint density at radius 1 is 1.39 bits per heavy atom. The maximum Gasteiger partial charge on any atom is 0.240 e. The molecule has 104 valence electrons. The molecule has 0 bridgehead atoms. The third-order valence-corrected chi connectivity index (χ3v) is 4.35. The summed E-state index contributed by atoms with van der Waals surface area (Å²) in [5.41, 5.74) is 0. The lowest BCUT2D eigenvalue weighted by atomic mass is 10.1. The second-order valence-corrected chi connectivity index (χ2v) is 5.50. The highest BCUT2D eigenvalue weighted by molar-refractivity contribution is 5.82. The number of nitrogens with one attached hydrogen (secondary N) is 1. The van der Waals surface area contributed by atoms with Crippen molar-refractivity contribution >= 4 is 5.91 Å². The molecular formula is C14H26N2O2. The summed E-state index contributed by atoms with van der Waals surface area (Å²) in [6.07, 6.45) is 6.95. The molecule has 18 heavy (non-hydrogen) atoms. The number of amides is 1. The third kappa shape index (κ3) is 3.04. The van der Waals surface area contributed by atoms with Crippen LogP contribution in [0.25, 0.3) is 0 Å². The van der Waals surface area contributed by atoms with E-state index < -0.39 is 0 Å². The smallest absolute Gasteiger partial charge is 0.240 e. The van der Waals surface area contributed by atoms with E-state index in [1.54, 1.807) is 7.11 Å². The number of carbonyl (C=O) groups is 1. The molecule has 1 N–H and O–H groups in total. The molecule has 2 rings (SSSR count). The van der Waals surface area contributed by atoms with Crippen molar-refractivity contribution in [1.29, 1.82) is 0 Å². The highest BCUT2D eigenvalue weighted by Gasteiger charge is 2.34. The van der Waals surface area contributed by atoms with Crippen LogP contribution in [0.15, 0.2) is 0 Å². The van der Waals surface area contributed by atoms with E-state index in [0.29, 0.717) is 11.9 Å². The maximum absolute atomic E-state index is 12.6. The number of likely N-dealkylation sites (tertiary alicyclic amines) is 1. The fourth-order valence-corrected chi connectivity index (χ4v) is 3.16. The molecule has 1 amide bonds. The minimum atomic E-state index is -0.0258. The highest BCUT2D eigenvalue weighted by atomic mass is 16.5. The van der Waals surface area contributed by atoms with Crippen LogP contribution in [0.4, 0.5) is 0 Å². The first-order valence-corrected chi connectivity index (χ1v) is 7.33. The summed E-state index contributed by atoms with van der Waals surface area (Å²) < 4.78 is 5.32. The first-order chi connectivity index (χ1) is 8.76. The van der Waals surface area contributed by atoms with Gasteiger partial charge in [-0.3, -0.25) is 4.79 Å². The summed E-state index contributed by atoms with van der Waals surface area (Å²) in [6.45, 7) is 3.93. The Hall–Kier alpha value is -0.610. The van der Waals surface area contributed by atoms with Crippen LogP contribution < -0.4 is 5.32 Å². The molecule has 2 fully saturated rings. The average Bonchev–Trinajstić information content (AvgIpc) is 2.75. The Morgan fingerprint density at radius 3 is 2.89 bits per heavy atom. The van der Waals surface area contributed by atoms with Gasteiger partial charge < -0.3 is 15.0 Å². The number of hydrogen-bond acceptors (Lipinski definition) is 3. The number of carbonyl (C=O) groups excluding carboxylic acids is 1. The van der Waals surface area contributed by atoms with Crippen LogP contribution in [-0.4, -0.2) is 49.2 Å². The molecule has 4 nitrogen and oxygen atoms in total. The molecule has 2 aliphatic heterocycles. The summed E-state index contributed by atoms with van der Waals surface area (Å²) in [4.78, 5) is 14.7. The van der Waals surface area contributed by atoms with Gasteiger partial charge in [-0.05, 0) is 25.7 Å². The van der Waals surface area contributed by atoms with Gasteiger partial charge in [0, 0.05) is 26.2 Å². The molecule has 0 saturated carbocycles. The average molecular weight is 254 g/mol. The third-order valence-electron chi connectivity index (χ3n) is 4.35. The lowest BCUT2D eigenvalue weighted by Crippen LogP contribution is -2.48. The quantitative estimate of drug-likeness (QED) is 0.831. The van der Waals surface area contributed by atoms with Gasteiger partial charge in [0.25, 0.3) is 0 Å². The normalized spacial score (nSPS) is 33.4. The molecular weight excluding hydrogens is 228 g/mol. The molecule has 0 radical (unpaired) electrons. The molecule has 0 aromatic rings. The zero-order chi connectivity index (χ0) is 13.0. The minimum Gasteiger partial charge on any atom is -0.380 e. The van der Waals surface area contributed by atoms with E-state index >= 15 is 0 Å². The Morgan fingerprint density at radius 2 is 2.22 bits per heavy atom. The number of methoxy groups -OCH3 is 1. The molecule has 3 atom stereocenters. The van der Waals surface area contributed by atoms with E-state index in [0.717, 1.165) is 32.4 Å². The molecule has 0 aliphatic carbocycles. The van der Waals surface area contributed by atoms with Crippen molar-refractivity contribution in [3.05, 3.63) is 0 Å². The summed E-state index contributed by atoms with van der Waals surface area (Å²) in [6, 6.07) is 0.422. The van der Waals surface area contributed by atoms with Gasteiger partial charge in [-0.15, -0.1) is 0 Å². The van der Waals surface area contributed by atoms with E-state index in [4.69, 9.17) is 4.74 Å². The summed E-state index contributed by atoms with van der Waals surface area (Å²) in [5.74, 6) is 0.295. The van der Waals surface area contributed by atoms with Crippen LogP contribution in [0.1, 0.15) is 45.4 Å². The van der Waals surface area contributed by atoms with Crippen LogP contribution in [0.2, 0.25) is 0 Å². The number of ether oxygens (including phenoxy) is 1. The van der Waals surface area contributed by atoms with Crippen LogP contribution in [0, 0.1) is 0 Å². The summed E-state index contributed by atoms with van der Waals surface area (Å²) >= 11 is 0. The molecule has 4 heteroatoms.